The van der Waals surface area contributed by atoms with Gasteiger partial charge in [0.2, 0.25) is 0 Å². The predicted molar refractivity (Wildman–Crippen MR) is 55.7 cm³/mol. The fraction of sp³-hybridized carbons (Fsp3) is 0.200. The van der Waals surface area contributed by atoms with E-state index in [1.54, 1.807) is 17.1 Å². The summed E-state index contributed by atoms with van der Waals surface area (Å²) < 4.78 is 1.79. The summed E-state index contributed by atoms with van der Waals surface area (Å²) in [6, 6.07) is 3.84. The van der Waals surface area contributed by atoms with Gasteiger partial charge in [0.05, 0.1) is 23.5 Å². The molecule has 0 amide bonds. The Morgan fingerprint density at radius 2 is 2.36 bits per heavy atom. The molecular formula is C10H10ClN3. The highest BCUT2D eigenvalue weighted by Gasteiger charge is 2.04. The number of hydrogen-bond acceptors (Lipinski definition) is 2. The molecule has 0 spiro atoms. The van der Waals surface area contributed by atoms with E-state index in [-0.39, 0.29) is 0 Å². The van der Waals surface area contributed by atoms with E-state index in [4.69, 9.17) is 11.6 Å². The molecule has 0 aliphatic heterocycles. The van der Waals surface area contributed by atoms with Gasteiger partial charge in [-0.3, -0.25) is 4.98 Å². The summed E-state index contributed by atoms with van der Waals surface area (Å²) >= 11 is 5.74. The zero-order valence-electron chi connectivity index (χ0n) is 7.81. The Morgan fingerprint density at radius 1 is 1.50 bits per heavy atom. The molecule has 0 atom stereocenters. The second-order valence-corrected chi connectivity index (χ2v) is 3.32. The summed E-state index contributed by atoms with van der Waals surface area (Å²) in [4.78, 5) is 4.03. The van der Waals surface area contributed by atoms with E-state index in [1.165, 1.54) is 0 Å². The van der Waals surface area contributed by atoms with Crippen molar-refractivity contribution in [3.8, 4) is 5.69 Å². The van der Waals surface area contributed by atoms with Gasteiger partial charge in [-0.1, -0.05) is 0 Å². The molecule has 4 heteroatoms. The molecule has 2 rings (SSSR count). The Morgan fingerprint density at radius 3 is 2.93 bits per heavy atom. The summed E-state index contributed by atoms with van der Waals surface area (Å²) in [6.07, 6.45) is 5.46. The van der Waals surface area contributed by atoms with Crippen molar-refractivity contribution < 1.29 is 0 Å². The van der Waals surface area contributed by atoms with E-state index in [2.05, 4.69) is 10.1 Å². The second kappa shape index (κ2) is 3.80. The fourth-order valence-corrected chi connectivity index (χ4v) is 1.51. The predicted octanol–water partition coefficient (Wildman–Crippen LogP) is 2.31. The van der Waals surface area contributed by atoms with E-state index >= 15 is 0 Å². The van der Waals surface area contributed by atoms with Crippen LogP contribution in [0.25, 0.3) is 5.69 Å². The van der Waals surface area contributed by atoms with Gasteiger partial charge in [-0.05, 0) is 24.6 Å². The van der Waals surface area contributed by atoms with Gasteiger partial charge in [-0.15, -0.1) is 11.6 Å². The minimum atomic E-state index is 0.444. The molecule has 0 N–H and O–H groups in total. The van der Waals surface area contributed by atoms with Crippen LogP contribution in [0.15, 0.2) is 30.7 Å². The smallest absolute Gasteiger partial charge is 0.0828 e. The van der Waals surface area contributed by atoms with Gasteiger partial charge in [-0.2, -0.15) is 5.10 Å². The van der Waals surface area contributed by atoms with E-state index in [1.807, 2.05) is 25.3 Å². The van der Waals surface area contributed by atoms with Gasteiger partial charge < -0.3 is 0 Å². The zero-order valence-corrected chi connectivity index (χ0v) is 8.57. The largest absolute Gasteiger partial charge is 0.262 e. The molecule has 2 aromatic heterocycles. The molecule has 0 bridgehead atoms. The van der Waals surface area contributed by atoms with Gasteiger partial charge in [0.15, 0.2) is 0 Å². The number of aromatic nitrogens is 3. The molecule has 0 radical (unpaired) electrons. The van der Waals surface area contributed by atoms with Crippen LogP contribution in [0.1, 0.15) is 11.3 Å². The average Bonchev–Trinajstić information content (AvgIpc) is 2.61. The third-order valence-electron chi connectivity index (χ3n) is 2.04. The Labute approximate surface area is 87.3 Å². The SMILES string of the molecule is Cc1cn(-c2cccnc2)nc1CCl. The normalized spacial score (nSPS) is 10.4. The topological polar surface area (TPSA) is 30.7 Å². The summed E-state index contributed by atoms with van der Waals surface area (Å²) in [5.74, 6) is 0.444. The number of alkyl halides is 1. The third kappa shape index (κ3) is 1.63. The fourth-order valence-electron chi connectivity index (χ4n) is 1.25. The Kier molecular flexibility index (Phi) is 2.50. The van der Waals surface area contributed by atoms with Crippen LogP contribution < -0.4 is 0 Å². The molecule has 3 nitrogen and oxygen atoms in total. The average molecular weight is 208 g/mol. The molecule has 0 unspecified atom stereocenters. The molecule has 0 aliphatic rings. The van der Waals surface area contributed by atoms with Crippen molar-refractivity contribution in [2.24, 2.45) is 0 Å². The lowest BCUT2D eigenvalue weighted by atomic mass is 10.3. The van der Waals surface area contributed by atoms with Crippen molar-refractivity contribution in [3.63, 3.8) is 0 Å². The number of nitrogens with zero attached hydrogens (tertiary/aromatic N) is 3. The van der Waals surface area contributed by atoms with Crippen LogP contribution in [0.2, 0.25) is 0 Å². The molecule has 2 heterocycles. The first-order valence-electron chi connectivity index (χ1n) is 4.33. The van der Waals surface area contributed by atoms with Crippen LogP contribution in [-0.2, 0) is 5.88 Å². The number of aryl methyl sites for hydroxylation is 1. The Bertz CT molecular complexity index is 422. The first kappa shape index (κ1) is 9.21. The first-order chi connectivity index (χ1) is 6.81. The molecule has 2 aromatic rings. The zero-order chi connectivity index (χ0) is 9.97. The lowest BCUT2D eigenvalue weighted by Crippen LogP contribution is -1.95. The molecule has 0 fully saturated rings. The highest BCUT2D eigenvalue weighted by molar-refractivity contribution is 6.16. The number of rotatable bonds is 2. The molecule has 14 heavy (non-hydrogen) atoms. The summed E-state index contributed by atoms with van der Waals surface area (Å²) in [7, 11) is 0. The van der Waals surface area contributed by atoms with Crippen LogP contribution in [0, 0.1) is 6.92 Å². The van der Waals surface area contributed by atoms with Crippen molar-refractivity contribution in [2.75, 3.05) is 0 Å². The van der Waals surface area contributed by atoms with E-state index in [9.17, 15) is 0 Å². The summed E-state index contributed by atoms with van der Waals surface area (Å²) in [5.41, 5.74) is 2.96. The minimum Gasteiger partial charge on any atom is -0.262 e. The van der Waals surface area contributed by atoms with Crippen molar-refractivity contribution in [1.82, 2.24) is 14.8 Å². The maximum absolute atomic E-state index is 5.74. The van der Waals surface area contributed by atoms with Gasteiger partial charge in [-0.25, -0.2) is 4.68 Å². The van der Waals surface area contributed by atoms with E-state index < -0.39 is 0 Å². The molecule has 72 valence electrons. The number of hydrogen-bond donors (Lipinski definition) is 0. The third-order valence-corrected chi connectivity index (χ3v) is 2.29. The first-order valence-corrected chi connectivity index (χ1v) is 4.86. The van der Waals surface area contributed by atoms with Crippen molar-refractivity contribution in [3.05, 3.63) is 42.0 Å². The molecule has 0 saturated heterocycles. The maximum atomic E-state index is 5.74. The quantitative estimate of drug-likeness (QED) is 0.708. The molecule has 0 aromatic carbocycles. The van der Waals surface area contributed by atoms with E-state index in [0.717, 1.165) is 16.9 Å². The Balaban J connectivity index is 2.43. The lowest BCUT2D eigenvalue weighted by molar-refractivity contribution is 0.853. The van der Waals surface area contributed by atoms with Crippen LogP contribution in [0.3, 0.4) is 0 Å². The monoisotopic (exact) mass is 207 g/mol. The summed E-state index contributed by atoms with van der Waals surface area (Å²) in [6.45, 7) is 2.00. The highest BCUT2D eigenvalue weighted by Crippen LogP contribution is 2.11. The van der Waals surface area contributed by atoms with Crippen LogP contribution in [0.5, 0.6) is 0 Å². The van der Waals surface area contributed by atoms with Gasteiger partial charge in [0, 0.05) is 12.4 Å². The molecule has 0 saturated carbocycles. The van der Waals surface area contributed by atoms with Crippen LogP contribution in [-0.4, -0.2) is 14.8 Å². The standard InChI is InChI=1S/C10H10ClN3/c1-8-7-14(13-10(8)5-11)9-3-2-4-12-6-9/h2-4,6-7H,5H2,1H3. The number of pyridine rings is 1. The van der Waals surface area contributed by atoms with Crippen molar-refractivity contribution in [1.29, 1.82) is 0 Å². The van der Waals surface area contributed by atoms with Crippen molar-refractivity contribution >= 4 is 11.6 Å². The van der Waals surface area contributed by atoms with Gasteiger partial charge >= 0.3 is 0 Å². The van der Waals surface area contributed by atoms with E-state index in [0.29, 0.717) is 5.88 Å². The number of halogens is 1. The lowest BCUT2D eigenvalue weighted by Gasteiger charge is -1.97. The van der Waals surface area contributed by atoms with Gasteiger partial charge in [0.25, 0.3) is 0 Å². The van der Waals surface area contributed by atoms with Crippen LogP contribution >= 0.6 is 11.6 Å². The second-order valence-electron chi connectivity index (χ2n) is 3.05. The minimum absolute atomic E-state index is 0.444. The summed E-state index contributed by atoms with van der Waals surface area (Å²) in [5, 5.41) is 4.34. The Hall–Kier alpha value is -1.35. The maximum Gasteiger partial charge on any atom is 0.0828 e. The van der Waals surface area contributed by atoms with Crippen LogP contribution in [0.4, 0.5) is 0 Å². The molecule has 0 aliphatic carbocycles. The highest BCUT2D eigenvalue weighted by atomic mass is 35.5. The van der Waals surface area contributed by atoms with Gasteiger partial charge in [0.1, 0.15) is 0 Å². The van der Waals surface area contributed by atoms with Crippen molar-refractivity contribution in [2.45, 2.75) is 12.8 Å². The molecular weight excluding hydrogens is 198 g/mol.